The monoisotopic (exact) mass is 217 g/mol. The molecule has 0 aromatic heterocycles. The Labute approximate surface area is 90.1 Å². The summed E-state index contributed by atoms with van der Waals surface area (Å²) in [7, 11) is 0. The van der Waals surface area contributed by atoms with E-state index in [0.717, 1.165) is 12.8 Å². The van der Waals surface area contributed by atoms with Gasteiger partial charge < -0.3 is 5.32 Å². The summed E-state index contributed by atoms with van der Waals surface area (Å²) in [5, 5.41) is 2.68. The molecule has 5 nitrogen and oxygen atoms in total. The molecule has 0 aliphatic rings. The molecule has 0 aromatic rings. The van der Waals surface area contributed by atoms with E-state index in [-0.39, 0.29) is 24.9 Å². The lowest BCUT2D eigenvalue weighted by molar-refractivity contribution is -0.286. The zero-order chi connectivity index (χ0) is 11.5. The first-order chi connectivity index (χ1) is 7.16. The average Bonchev–Trinajstić information content (AvgIpc) is 2.19. The normalized spacial score (nSPS) is 10.0. The summed E-state index contributed by atoms with van der Waals surface area (Å²) in [5.74, 6) is -0.0750. The maximum absolute atomic E-state index is 11.1. The zero-order valence-electron chi connectivity index (χ0n) is 9.38. The van der Waals surface area contributed by atoms with Gasteiger partial charge in [0.05, 0.1) is 6.61 Å². The predicted octanol–water partition coefficient (Wildman–Crippen LogP) is 0.830. The summed E-state index contributed by atoms with van der Waals surface area (Å²) in [4.78, 5) is 30.7. The highest BCUT2D eigenvalue weighted by Gasteiger charge is 1.99. The fraction of sp³-hybridized carbons (Fsp3) is 0.800. The molecule has 0 fully saturated rings. The largest absolute Gasteiger partial charge is 0.354 e. The highest BCUT2D eigenvalue weighted by Crippen LogP contribution is 1.92. The molecular formula is C10H19NO4. The summed E-state index contributed by atoms with van der Waals surface area (Å²) < 4.78 is 0. The van der Waals surface area contributed by atoms with Crippen molar-refractivity contribution in [2.75, 3.05) is 19.8 Å². The van der Waals surface area contributed by atoms with Crippen LogP contribution in [0.2, 0.25) is 0 Å². The third kappa shape index (κ3) is 11.0. The number of ketones is 1. The van der Waals surface area contributed by atoms with Crippen molar-refractivity contribution in [1.29, 1.82) is 0 Å². The zero-order valence-corrected chi connectivity index (χ0v) is 9.38. The van der Waals surface area contributed by atoms with Crippen LogP contribution in [0.4, 0.5) is 0 Å². The highest BCUT2D eigenvalue weighted by molar-refractivity contribution is 5.76. The maximum atomic E-state index is 11.1. The topological polar surface area (TPSA) is 64.6 Å². The molecule has 0 bridgehead atoms. The van der Waals surface area contributed by atoms with Crippen LogP contribution in [-0.2, 0) is 19.4 Å². The van der Waals surface area contributed by atoms with Crippen molar-refractivity contribution in [2.45, 2.75) is 33.1 Å². The number of hydrogen-bond acceptors (Lipinski definition) is 4. The maximum Gasteiger partial charge on any atom is 0.220 e. The minimum absolute atomic E-state index is 0.0204. The number of nitrogens with one attached hydrogen (secondary N) is 1. The first-order valence-electron chi connectivity index (χ1n) is 5.17. The van der Waals surface area contributed by atoms with Gasteiger partial charge in [-0.1, -0.05) is 13.3 Å². The number of carbonyl (C=O) groups is 2. The lowest BCUT2D eigenvalue weighted by Gasteiger charge is -2.04. The van der Waals surface area contributed by atoms with E-state index in [1.807, 2.05) is 6.92 Å². The molecule has 0 aliphatic carbocycles. The van der Waals surface area contributed by atoms with Crippen LogP contribution in [0.15, 0.2) is 0 Å². The predicted molar refractivity (Wildman–Crippen MR) is 55.1 cm³/mol. The number of unbranched alkanes of at least 4 members (excludes halogenated alkanes) is 1. The van der Waals surface area contributed by atoms with E-state index >= 15 is 0 Å². The Balaban J connectivity index is 3.16. The summed E-state index contributed by atoms with van der Waals surface area (Å²) in [6, 6.07) is 0. The quantitative estimate of drug-likeness (QED) is 0.353. The molecule has 1 N–H and O–H groups in total. The Hall–Kier alpha value is -0.940. The summed E-state index contributed by atoms with van der Waals surface area (Å²) in [6.45, 7) is 4.05. The Kier molecular flexibility index (Phi) is 9.01. The molecule has 5 heteroatoms. The molecule has 1 amide bonds. The van der Waals surface area contributed by atoms with E-state index in [1.54, 1.807) is 0 Å². The van der Waals surface area contributed by atoms with Gasteiger partial charge in [0.1, 0.15) is 6.61 Å². The highest BCUT2D eigenvalue weighted by atomic mass is 17.2. The van der Waals surface area contributed by atoms with Gasteiger partial charge in [-0.3, -0.25) is 9.59 Å². The fourth-order valence-corrected chi connectivity index (χ4v) is 0.841. The number of hydrogen-bond donors (Lipinski definition) is 1. The minimum atomic E-state index is -0.0954. The van der Waals surface area contributed by atoms with Gasteiger partial charge in [-0.25, -0.2) is 9.78 Å². The second-order valence-corrected chi connectivity index (χ2v) is 3.24. The molecule has 0 unspecified atom stereocenters. The number of amides is 1. The number of Topliss-reactive ketones (excluding diaryl/α,β-unsaturated/α-hetero) is 1. The third-order valence-electron chi connectivity index (χ3n) is 1.61. The Morgan fingerprint density at radius 3 is 2.60 bits per heavy atom. The Morgan fingerprint density at radius 2 is 2.00 bits per heavy atom. The van der Waals surface area contributed by atoms with E-state index < -0.39 is 0 Å². The number of rotatable bonds is 9. The van der Waals surface area contributed by atoms with Crippen molar-refractivity contribution in [1.82, 2.24) is 5.32 Å². The Bertz CT molecular complexity index is 194. The smallest absolute Gasteiger partial charge is 0.220 e. The second-order valence-electron chi connectivity index (χ2n) is 3.24. The Morgan fingerprint density at radius 1 is 1.27 bits per heavy atom. The number of carbonyl (C=O) groups excluding carboxylic acids is 2. The first kappa shape index (κ1) is 14.1. The fourth-order valence-electron chi connectivity index (χ4n) is 0.841. The lowest BCUT2D eigenvalue weighted by Crippen LogP contribution is -2.27. The summed E-state index contributed by atoms with van der Waals surface area (Å²) in [5.41, 5.74) is 0. The van der Waals surface area contributed by atoms with Crippen molar-refractivity contribution in [3.8, 4) is 0 Å². The first-order valence-corrected chi connectivity index (χ1v) is 5.17. The van der Waals surface area contributed by atoms with Crippen LogP contribution in [0.5, 0.6) is 0 Å². The standard InChI is InChI=1S/C10H19NO4/c1-3-4-5-10(13)11-6-7-14-15-8-9(2)12/h3-8H2,1-2H3,(H,11,13). The molecule has 88 valence electrons. The van der Waals surface area contributed by atoms with Crippen LogP contribution < -0.4 is 5.32 Å². The van der Waals surface area contributed by atoms with Crippen molar-refractivity contribution < 1.29 is 19.4 Å². The van der Waals surface area contributed by atoms with Crippen LogP contribution in [0.1, 0.15) is 33.1 Å². The third-order valence-corrected chi connectivity index (χ3v) is 1.61. The van der Waals surface area contributed by atoms with Crippen LogP contribution in [0.25, 0.3) is 0 Å². The van der Waals surface area contributed by atoms with E-state index in [2.05, 4.69) is 15.1 Å². The molecule has 15 heavy (non-hydrogen) atoms. The van der Waals surface area contributed by atoms with Gasteiger partial charge in [0.25, 0.3) is 0 Å². The van der Waals surface area contributed by atoms with Gasteiger partial charge >= 0.3 is 0 Å². The van der Waals surface area contributed by atoms with Gasteiger partial charge in [-0.05, 0) is 13.3 Å². The summed E-state index contributed by atoms with van der Waals surface area (Å²) >= 11 is 0. The van der Waals surface area contributed by atoms with Gasteiger partial charge in [0.15, 0.2) is 5.78 Å². The van der Waals surface area contributed by atoms with E-state index in [0.29, 0.717) is 13.0 Å². The summed E-state index contributed by atoms with van der Waals surface area (Å²) in [6.07, 6.45) is 2.45. The molecule has 0 saturated carbocycles. The molecule has 0 radical (unpaired) electrons. The van der Waals surface area contributed by atoms with Gasteiger partial charge in [0, 0.05) is 13.0 Å². The molecule has 0 heterocycles. The van der Waals surface area contributed by atoms with Gasteiger partial charge in [-0.2, -0.15) is 0 Å². The van der Waals surface area contributed by atoms with Gasteiger partial charge in [-0.15, -0.1) is 0 Å². The van der Waals surface area contributed by atoms with Crippen LogP contribution in [0.3, 0.4) is 0 Å². The molecular weight excluding hydrogens is 198 g/mol. The molecule has 0 saturated heterocycles. The molecule has 0 atom stereocenters. The molecule has 0 aromatic carbocycles. The average molecular weight is 217 g/mol. The SMILES string of the molecule is CCCCC(=O)NCCOOCC(C)=O. The van der Waals surface area contributed by atoms with Crippen molar-refractivity contribution >= 4 is 11.7 Å². The lowest BCUT2D eigenvalue weighted by atomic mass is 10.2. The molecule has 0 spiro atoms. The van der Waals surface area contributed by atoms with Crippen molar-refractivity contribution in [3.05, 3.63) is 0 Å². The molecule has 0 rings (SSSR count). The van der Waals surface area contributed by atoms with Crippen molar-refractivity contribution in [3.63, 3.8) is 0 Å². The van der Waals surface area contributed by atoms with E-state index in [4.69, 9.17) is 0 Å². The van der Waals surface area contributed by atoms with Crippen molar-refractivity contribution in [2.24, 2.45) is 0 Å². The van der Waals surface area contributed by atoms with Gasteiger partial charge in [0.2, 0.25) is 5.91 Å². The van der Waals surface area contributed by atoms with Crippen LogP contribution in [0, 0.1) is 0 Å². The van der Waals surface area contributed by atoms with Crippen LogP contribution >= 0.6 is 0 Å². The minimum Gasteiger partial charge on any atom is -0.354 e. The second kappa shape index (κ2) is 9.61. The van der Waals surface area contributed by atoms with E-state index in [9.17, 15) is 9.59 Å². The van der Waals surface area contributed by atoms with E-state index in [1.165, 1.54) is 6.92 Å². The molecule has 0 aliphatic heterocycles. The van der Waals surface area contributed by atoms with Crippen LogP contribution in [-0.4, -0.2) is 31.4 Å².